The zero-order valence-electron chi connectivity index (χ0n) is 10.9. The number of hydrogen-bond acceptors (Lipinski definition) is 1. The molecular weight excluding hydrogens is 441 g/mol. The second kappa shape index (κ2) is 6.15. The standard InChI is InChI=1S/C17H11BrINO/c18-14-7-8-16(15(19)10-14)20-17(21)13-6-5-11-3-1-2-4-12(11)9-13/h1-10H,(H,20,21). The molecule has 0 fully saturated rings. The molecule has 0 bridgehead atoms. The highest BCUT2D eigenvalue weighted by atomic mass is 127. The van der Waals surface area contributed by atoms with Crippen molar-refractivity contribution in [2.45, 2.75) is 0 Å². The van der Waals surface area contributed by atoms with Gasteiger partial charge in [-0.05, 0) is 63.7 Å². The fraction of sp³-hybridized carbons (Fsp3) is 0. The molecule has 3 aromatic rings. The topological polar surface area (TPSA) is 29.1 Å². The number of carbonyl (C=O) groups is 1. The van der Waals surface area contributed by atoms with Gasteiger partial charge in [-0.25, -0.2) is 0 Å². The van der Waals surface area contributed by atoms with Crippen molar-refractivity contribution in [3.8, 4) is 0 Å². The molecule has 0 saturated carbocycles. The maximum Gasteiger partial charge on any atom is 0.255 e. The van der Waals surface area contributed by atoms with Gasteiger partial charge in [0.05, 0.1) is 5.69 Å². The van der Waals surface area contributed by atoms with Crippen molar-refractivity contribution >= 4 is 60.9 Å². The predicted molar refractivity (Wildman–Crippen MR) is 98.8 cm³/mol. The summed E-state index contributed by atoms with van der Waals surface area (Å²) in [6, 6.07) is 19.5. The first-order valence-electron chi connectivity index (χ1n) is 6.39. The zero-order chi connectivity index (χ0) is 14.8. The summed E-state index contributed by atoms with van der Waals surface area (Å²) >= 11 is 5.63. The van der Waals surface area contributed by atoms with Crippen LogP contribution in [0.15, 0.2) is 65.1 Å². The summed E-state index contributed by atoms with van der Waals surface area (Å²) in [6.07, 6.45) is 0. The van der Waals surface area contributed by atoms with Gasteiger partial charge in [-0.3, -0.25) is 4.79 Å². The van der Waals surface area contributed by atoms with Gasteiger partial charge >= 0.3 is 0 Å². The van der Waals surface area contributed by atoms with Crippen molar-refractivity contribution in [2.24, 2.45) is 0 Å². The third-order valence-electron chi connectivity index (χ3n) is 3.19. The highest BCUT2D eigenvalue weighted by molar-refractivity contribution is 14.1. The summed E-state index contributed by atoms with van der Waals surface area (Å²) in [4.78, 5) is 12.4. The molecule has 0 heterocycles. The molecule has 0 radical (unpaired) electrons. The minimum atomic E-state index is -0.0963. The maximum atomic E-state index is 12.4. The third kappa shape index (κ3) is 3.27. The fourth-order valence-electron chi connectivity index (χ4n) is 2.12. The van der Waals surface area contributed by atoms with E-state index in [1.54, 1.807) is 0 Å². The number of benzene rings is 3. The maximum absolute atomic E-state index is 12.4. The molecule has 3 rings (SSSR count). The van der Waals surface area contributed by atoms with Crippen LogP contribution in [0.25, 0.3) is 10.8 Å². The zero-order valence-corrected chi connectivity index (χ0v) is 14.7. The number of fused-ring (bicyclic) bond motifs is 1. The smallest absolute Gasteiger partial charge is 0.255 e. The van der Waals surface area contributed by atoms with Crippen LogP contribution in [0.1, 0.15) is 10.4 Å². The average molecular weight is 452 g/mol. The van der Waals surface area contributed by atoms with Gasteiger partial charge in [0.2, 0.25) is 0 Å². The molecule has 3 aromatic carbocycles. The Hall–Kier alpha value is -1.40. The number of rotatable bonds is 2. The Morgan fingerprint density at radius 1 is 0.952 bits per heavy atom. The second-order valence-electron chi connectivity index (χ2n) is 4.64. The Morgan fingerprint density at radius 2 is 1.71 bits per heavy atom. The van der Waals surface area contributed by atoms with Crippen LogP contribution in [0.4, 0.5) is 5.69 Å². The molecule has 0 saturated heterocycles. The molecule has 1 N–H and O–H groups in total. The first kappa shape index (κ1) is 14.5. The molecule has 0 atom stereocenters. The average Bonchev–Trinajstić information content (AvgIpc) is 2.49. The van der Waals surface area contributed by atoms with E-state index in [2.05, 4.69) is 43.8 Å². The Morgan fingerprint density at radius 3 is 2.48 bits per heavy atom. The van der Waals surface area contributed by atoms with Crippen molar-refractivity contribution in [3.63, 3.8) is 0 Å². The van der Waals surface area contributed by atoms with E-state index in [1.807, 2.05) is 60.7 Å². The van der Waals surface area contributed by atoms with Gasteiger partial charge in [0.1, 0.15) is 0 Å². The molecule has 0 aliphatic rings. The van der Waals surface area contributed by atoms with Crippen LogP contribution in [0.3, 0.4) is 0 Å². The van der Waals surface area contributed by atoms with Gasteiger partial charge in [-0.15, -0.1) is 0 Å². The van der Waals surface area contributed by atoms with Gasteiger partial charge in [0.25, 0.3) is 5.91 Å². The third-order valence-corrected chi connectivity index (χ3v) is 4.58. The molecule has 0 spiro atoms. The van der Waals surface area contributed by atoms with Crippen molar-refractivity contribution in [1.82, 2.24) is 0 Å². The summed E-state index contributed by atoms with van der Waals surface area (Å²) in [7, 11) is 0. The van der Waals surface area contributed by atoms with E-state index in [4.69, 9.17) is 0 Å². The van der Waals surface area contributed by atoms with Crippen molar-refractivity contribution in [1.29, 1.82) is 0 Å². The number of halogens is 2. The van der Waals surface area contributed by atoms with Crippen molar-refractivity contribution < 1.29 is 4.79 Å². The lowest BCUT2D eigenvalue weighted by molar-refractivity contribution is 0.102. The van der Waals surface area contributed by atoms with Crippen LogP contribution in [-0.2, 0) is 0 Å². The molecule has 1 amide bonds. The summed E-state index contributed by atoms with van der Waals surface area (Å²) < 4.78 is 1.99. The number of amides is 1. The molecule has 0 aromatic heterocycles. The van der Waals surface area contributed by atoms with E-state index in [9.17, 15) is 4.79 Å². The Balaban J connectivity index is 1.89. The van der Waals surface area contributed by atoms with E-state index in [-0.39, 0.29) is 5.91 Å². The van der Waals surface area contributed by atoms with Crippen LogP contribution in [0.5, 0.6) is 0 Å². The first-order valence-corrected chi connectivity index (χ1v) is 8.26. The summed E-state index contributed by atoms with van der Waals surface area (Å²) in [5, 5.41) is 5.15. The quantitative estimate of drug-likeness (QED) is 0.515. The minimum Gasteiger partial charge on any atom is -0.321 e. The molecule has 2 nitrogen and oxygen atoms in total. The van der Waals surface area contributed by atoms with Gasteiger partial charge in [-0.2, -0.15) is 0 Å². The van der Waals surface area contributed by atoms with Gasteiger partial charge < -0.3 is 5.32 Å². The Labute approximate surface area is 144 Å². The van der Waals surface area contributed by atoms with E-state index < -0.39 is 0 Å². The van der Waals surface area contributed by atoms with Crippen molar-refractivity contribution in [3.05, 3.63) is 74.3 Å². The minimum absolute atomic E-state index is 0.0963. The van der Waals surface area contributed by atoms with E-state index in [0.29, 0.717) is 5.56 Å². The molecule has 21 heavy (non-hydrogen) atoms. The monoisotopic (exact) mass is 451 g/mol. The summed E-state index contributed by atoms with van der Waals surface area (Å²) in [6.45, 7) is 0. The number of hydrogen-bond donors (Lipinski definition) is 1. The number of nitrogens with one attached hydrogen (secondary N) is 1. The SMILES string of the molecule is O=C(Nc1ccc(Br)cc1I)c1ccc2ccccc2c1. The Bertz CT molecular complexity index is 832. The molecule has 0 aliphatic heterocycles. The van der Waals surface area contributed by atoms with E-state index in [1.165, 1.54) is 0 Å². The number of anilines is 1. The summed E-state index contributed by atoms with van der Waals surface area (Å²) in [5.74, 6) is -0.0963. The Kier molecular flexibility index (Phi) is 4.26. The van der Waals surface area contributed by atoms with Gasteiger partial charge in [-0.1, -0.05) is 46.3 Å². The molecular formula is C17H11BrINO. The second-order valence-corrected chi connectivity index (χ2v) is 6.72. The lowest BCUT2D eigenvalue weighted by atomic mass is 10.1. The van der Waals surface area contributed by atoms with Crippen LogP contribution < -0.4 is 5.32 Å². The highest BCUT2D eigenvalue weighted by Gasteiger charge is 2.09. The molecule has 0 unspecified atom stereocenters. The molecule has 0 aliphatic carbocycles. The van der Waals surface area contributed by atoms with Gasteiger partial charge in [0, 0.05) is 13.6 Å². The fourth-order valence-corrected chi connectivity index (χ4v) is 3.56. The van der Waals surface area contributed by atoms with E-state index in [0.717, 1.165) is 24.5 Å². The number of carbonyl (C=O) groups excluding carboxylic acids is 1. The van der Waals surface area contributed by atoms with Crippen LogP contribution in [0, 0.1) is 3.57 Å². The normalized spacial score (nSPS) is 10.6. The van der Waals surface area contributed by atoms with Crippen LogP contribution in [0.2, 0.25) is 0 Å². The highest BCUT2D eigenvalue weighted by Crippen LogP contribution is 2.23. The van der Waals surface area contributed by atoms with Crippen molar-refractivity contribution in [2.75, 3.05) is 5.32 Å². The van der Waals surface area contributed by atoms with Crippen LogP contribution in [-0.4, -0.2) is 5.91 Å². The lowest BCUT2D eigenvalue weighted by Crippen LogP contribution is -2.12. The molecule has 4 heteroatoms. The lowest BCUT2D eigenvalue weighted by Gasteiger charge is -2.08. The van der Waals surface area contributed by atoms with Crippen LogP contribution >= 0.6 is 38.5 Å². The van der Waals surface area contributed by atoms with E-state index >= 15 is 0 Å². The summed E-state index contributed by atoms with van der Waals surface area (Å²) in [5.41, 5.74) is 1.48. The molecule has 104 valence electrons. The first-order chi connectivity index (χ1) is 10.1. The largest absolute Gasteiger partial charge is 0.321 e. The predicted octanol–water partition coefficient (Wildman–Crippen LogP) is 5.46. The van der Waals surface area contributed by atoms with Gasteiger partial charge in [0.15, 0.2) is 0 Å².